The quantitative estimate of drug-likeness (QED) is 0.845. The van der Waals surface area contributed by atoms with Crippen LogP contribution in [0.2, 0.25) is 0 Å². The number of carbonyl (C=O) groups excluding carboxylic acids is 2. The van der Waals surface area contributed by atoms with Gasteiger partial charge in [-0.05, 0) is 37.9 Å². The summed E-state index contributed by atoms with van der Waals surface area (Å²) in [5, 5.41) is 3.77. The van der Waals surface area contributed by atoms with E-state index in [9.17, 15) is 9.59 Å². The third-order valence-electron chi connectivity index (χ3n) is 5.12. The molecule has 3 fully saturated rings. The zero-order chi connectivity index (χ0) is 13.4. The van der Waals surface area contributed by atoms with Crippen LogP contribution in [0.5, 0.6) is 0 Å². The Kier molecular flexibility index (Phi) is 3.88. The van der Waals surface area contributed by atoms with Crippen LogP contribution in [0.1, 0.15) is 45.4 Å². The minimum atomic E-state index is 0.0887. The average Bonchev–Trinajstić information content (AvgIpc) is 2.74. The Morgan fingerprint density at radius 2 is 1.89 bits per heavy atom. The first-order valence-electron chi connectivity index (χ1n) is 7.61. The van der Waals surface area contributed by atoms with E-state index in [1.807, 2.05) is 11.8 Å². The Balaban J connectivity index is 1.60. The van der Waals surface area contributed by atoms with Crippen LogP contribution in [0.3, 0.4) is 0 Å². The van der Waals surface area contributed by atoms with Gasteiger partial charge in [-0.2, -0.15) is 11.8 Å². The molecular weight excluding hydrogens is 258 g/mol. The molecule has 4 heteroatoms. The summed E-state index contributed by atoms with van der Waals surface area (Å²) in [6, 6.07) is 0.343. The van der Waals surface area contributed by atoms with Gasteiger partial charge in [0.2, 0.25) is 5.91 Å². The zero-order valence-electron chi connectivity index (χ0n) is 11.6. The van der Waals surface area contributed by atoms with Gasteiger partial charge in [0.05, 0.1) is 0 Å². The maximum atomic E-state index is 12.4. The molecule has 0 aromatic heterocycles. The Hall–Kier alpha value is -0.510. The number of nitrogens with one attached hydrogen (secondary N) is 1. The van der Waals surface area contributed by atoms with Crippen molar-refractivity contribution in [2.75, 3.05) is 5.75 Å². The van der Waals surface area contributed by atoms with E-state index in [1.54, 1.807) is 0 Å². The molecule has 0 aromatic carbocycles. The standard InChI is InChI=1S/C15H23NO2S/c1-9-13(5-6-19-9)16-15(18)12-7-10-3-2-4-11(8-12)14(10)17/h9-13H,2-8H2,1H3,(H,16,18). The Morgan fingerprint density at radius 3 is 2.47 bits per heavy atom. The van der Waals surface area contributed by atoms with Crippen LogP contribution in [0, 0.1) is 17.8 Å². The average molecular weight is 281 g/mol. The molecule has 2 bridgehead atoms. The lowest BCUT2D eigenvalue weighted by Gasteiger charge is -2.37. The van der Waals surface area contributed by atoms with E-state index in [0.717, 1.165) is 37.9 Å². The summed E-state index contributed by atoms with van der Waals surface area (Å²) in [4.78, 5) is 24.4. The van der Waals surface area contributed by atoms with Crippen molar-refractivity contribution in [1.82, 2.24) is 5.32 Å². The molecule has 3 aliphatic rings. The predicted octanol–water partition coefficient (Wildman–Crippen LogP) is 2.39. The fraction of sp³-hybridized carbons (Fsp3) is 0.867. The molecule has 0 spiro atoms. The first kappa shape index (κ1) is 13.5. The van der Waals surface area contributed by atoms with Crippen LogP contribution in [0.4, 0.5) is 0 Å². The van der Waals surface area contributed by atoms with Crippen LogP contribution in [-0.4, -0.2) is 28.7 Å². The van der Waals surface area contributed by atoms with Crippen LogP contribution in [-0.2, 0) is 9.59 Å². The van der Waals surface area contributed by atoms with Crippen molar-refractivity contribution in [2.24, 2.45) is 17.8 Å². The number of hydrogen-bond acceptors (Lipinski definition) is 3. The van der Waals surface area contributed by atoms with Gasteiger partial charge in [-0.25, -0.2) is 0 Å². The van der Waals surface area contributed by atoms with Gasteiger partial charge >= 0.3 is 0 Å². The summed E-state index contributed by atoms with van der Waals surface area (Å²) in [5.41, 5.74) is 0. The van der Waals surface area contributed by atoms with E-state index in [1.165, 1.54) is 6.42 Å². The molecule has 1 saturated heterocycles. The van der Waals surface area contributed by atoms with Crippen molar-refractivity contribution in [3.63, 3.8) is 0 Å². The minimum absolute atomic E-state index is 0.0887. The van der Waals surface area contributed by atoms with E-state index < -0.39 is 0 Å². The molecule has 4 atom stereocenters. The molecule has 2 saturated carbocycles. The van der Waals surface area contributed by atoms with Crippen LogP contribution in [0.25, 0.3) is 0 Å². The molecule has 1 amide bonds. The second-order valence-corrected chi connectivity index (χ2v) is 7.86. The maximum Gasteiger partial charge on any atom is 0.223 e. The van der Waals surface area contributed by atoms with Gasteiger partial charge < -0.3 is 5.32 Å². The van der Waals surface area contributed by atoms with E-state index >= 15 is 0 Å². The second-order valence-electron chi connectivity index (χ2n) is 6.38. The number of thioether (sulfide) groups is 1. The van der Waals surface area contributed by atoms with Crippen molar-refractivity contribution in [3.8, 4) is 0 Å². The first-order chi connectivity index (χ1) is 9.15. The number of fused-ring (bicyclic) bond motifs is 2. The highest BCUT2D eigenvalue weighted by Gasteiger charge is 2.41. The number of amides is 1. The van der Waals surface area contributed by atoms with Crippen molar-refractivity contribution < 1.29 is 9.59 Å². The van der Waals surface area contributed by atoms with E-state index in [0.29, 0.717) is 17.1 Å². The fourth-order valence-electron chi connectivity index (χ4n) is 3.92. The SMILES string of the molecule is CC1SCCC1NC(=O)C1CC2CCCC(C1)C2=O. The van der Waals surface area contributed by atoms with Gasteiger partial charge in [-0.15, -0.1) is 0 Å². The molecular formula is C15H23NO2S. The lowest BCUT2D eigenvalue weighted by Crippen LogP contribution is -2.46. The lowest BCUT2D eigenvalue weighted by molar-refractivity contribution is -0.137. The van der Waals surface area contributed by atoms with Crippen molar-refractivity contribution in [1.29, 1.82) is 0 Å². The summed E-state index contributed by atoms with van der Waals surface area (Å²) in [7, 11) is 0. The maximum absolute atomic E-state index is 12.4. The normalized spacial score (nSPS) is 42.2. The monoisotopic (exact) mass is 281 g/mol. The highest BCUT2D eigenvalue weighted by atomic mass is 32.2. The third-order valence-corrected chi connectivity index (χ3v) is 6.45. The van der Waals surface area contributed by atoms with Crippen molar-refractivity contribution in [3.05, 3.63) is 0 Å². The molecule has 0 radical (unpaired) electrons. The molecule has 1 aliphatic heterocycles. The Bertz CT molecular complexity index is 368. The smallest absolute Gasteiger partial charge is 0.223 e. The van der Waals surface area contributed by atoms with Crippen LogP contribution >= 0.6 is 11.8 Å². The zero-order valence-corrected chi connectivity index (χ0v) is 12.4. The molecule has 1 N–H and O–H groups in total. The largest absolute Gasteiger partial charge is 0.352 e. The molecule has 1 heterocycles. The topological polar surface area (TPSA) is 46.2 Å². The second kappa shape index (κ2) is 5.47. The van der Waals surface area contributed by atoms with Gasteiger partial charge in [0.15, 0.2) is 0 Å². The summed E-state index contributed by atoms with van der Waals surface area (Å²) < 4.78 is 0. The lowest BCUT2D eigenvalue weighted by atomic mass is 9.67. The summed E-state index contributed by atoms with van der Waals surface area (Å²) in [5.74, 6) is 2.26. The molecule has 106 valence electrons. The van der Waals surface area contributed by atoms with Gasteiger partial charge in [0.1, 0.15) is 5.78 Å². The molecule has 3 nitrogen and oxygen atoms in total. The van der Waals surface area contributed by atoms with E-state index in [4.69, 9.17) is 0 Å². The number of Topliss-reactive ketones (excluding diaryl/α,β-unsaturated/α-hetero) is 1. The van der Waals surface area contributed by atoms with Crippen molar-refractivity contribution >= 4 is 23.5 Å². The van der Waals surface area contributed by atoms with E-state index in [-0.39, 0.29) is 23.7 Å². The van der Waals surface area contributed by atoms with Crippen LogP contribution < -0.4 is 5.32 Å². The van der Waals surface area contributed by atoms with Gasteiger partial charge in [0.25, 0.3) is 0 Å². The molecule has 0 aromatic rings. The van der Waals surface area contributed by atoms with Gasteiger partial charge in [-0.1, -0.05) is 13.3 Å². The number of ketones is 1. The predicted molar refractivity (Wildman–Crippen MR) is 77.0 cm³/mol. The number of rotatable bonds is 2. The Labute approximate surface area is 119 Å². The van der Waals surface area contributed by atoms with Crippen LogP contribution in [0.15, 0.2) is 0 Å². The molecule has 4 unspecified atom stereocenters. The first-order valence-corrected chi connectivity index (χ1v) is 8.65. The summed E-state index contributed by atoms with van der Waals surface area (Å²) >= 11 is 1.94. The molecule has 2 aliphatic carbocycles. The fourth-order valence-corrected chi connectivity index (χ4v) is 5.11. The number of carbonyl (C=O) groups is 2. The minimum Gasteiger partial charge on any atom is -0.352 e. The highest BCUT2D eigenvalue weighted by molar-refractivity contribution is 8.00. The Morgan fingerprint density at radius 1 is 1.21 bits per heavy atom. The van der Waals surface area contributed by atoms with Crippen molar-refractivity contribution in [2.45, 2.75) is 56.7 Å². The number of hydrogen-bond donors (Lipinski definition) is 1. The molecule has 19 heavy (non-hydrogen) atoms. The summed E-state index contributed by atoms with van der Waals surface area (Å²) in [6.45, 7) is 2.20. The van der Waals surface area contributed by atoms with E-state index in [2.05, 4.69) is 12.2 Å². The van der Waals surface area contributed by atoms with Gasteiger partial charge in [-0.3, -0.25) is 9.59 Å². The van der Waals surface area contributed by atoms with Gasteiger partial charge in [0, 0.05) is 29.0 Å². The highest BCUT2D eigenvalue weighted by Crippen LogP contribution is 2.40. The molecule has 3 rings (SSSR count). The third kappa shape index (κ3) is 2.69. The summed E-state index contributed by atoms with van der Waals surface area (Å²) in [6.07, 6.45) is 5.89.